The molecular formula is C18H24ClFN4O2S. The Bertz CT molecular complexity index is 797. The molecule has 2 aromatic rings. The average molecular weight is 415 g/mol. The van der Waals surface area contributed by atoms with Gasteiger partial charge in [-0.25, -0.2) is 9.37 Å². The van der Waals surface area contributed by atoms with Crippen molar-refractivity contribution in [1.29, 1.82) is 0 Å². The molecule has 27 heavy (non-hydrogen) atoms. The molecule has 0 fully saturated rings. The van der Waals surface area contributed by atoms with E-state index in [0.29, 0.717) is 17.1 Å². The van der Waals surface area contributed by atoms with Gasteiger partial charge < -0.3 is 16.4 Å². The number of carbonyl (C=O) groups excluding carboxylic acids is 2. The van der Waals surface area contributed by atoms with Crippen LogP contribution in [-0.2, 0) is 16.0 Å². The van der Waals surface area contributed by atoms with Gasteiger partial charge >= 0.3 is 0 Å². The third-order valence-electron chi connectivity index (χ3n) is 3.86. The second kappa shape index (κ2) is 10.3. The van der Waals surface area contributed by atoms with Gasteiger partial charge in [-0.2, -0.15) is 0 Å². The lowest BCUT2D eigenvalue weighted by atomic mass is 10.1. The quantitative estimate of drug-likeness (QED) is 0.648. The lowest BCUT2D eigenvalue weighted by Gasteiger charge is -2.14. The largest absolute Gasteiger partial charge is 0.346 e. The summed E-state index contributed by atoms with van der Waals surface area (Å²) in [7, 11) is 0. The maximum Gasteiger partial charge on any atom is 0.245 e. The van der Waals surface area contributed by atoms with Gasteiger partial charge in [0.2, 0.25) is 11.8 Å². The van der Waals surface area contributed by atoms with Crippen LogP contribution in [0.25, 0.3) is 0 Å². The predicted molar refractivity (Wildman–Crippen MR) is 108 cm³/mol. The summed E-state index contributed by atoms with van der Waals surface area (Å²) in [6, 6.07) is 4.45. The Morgan fingerprint density at radius 2 is 2.04 bits per heavy atom. The number of hydrogen-bond donors (Lipinski definition) is 3. The minimum atomic E-state index is -0.649. The van der Waals surface area contributed by atoms with E-state index in [1.54, 1.807) is 19.2 Å². The number of thiazole rings is 1. The Morgan fingerprint density at radius 1 is 1.33 bits per heavy atom. The minimum Gasteiger partial charge on any atom is -0.346 e. The number of nitrogens with zero attached hydrogens (tertiary/aromatic N) is 1. The molecule has 0 saturated carbocycles. The first kappa shape index (κ1) is 23.0. The number of anilines is 1. The fraction of sp³-hybridized carbons (Fsp3) is 0.389. The standard InChI is InChI=1S/C18H23FN4O2S.ClH/c1-10(2)16(20)17(25)21-9-15(24)23-18-22-8-13(26-18)6-12-5-4-11(3)14(19)7-12;/h4-5,7-8,10,16H,6,9,20H2,1-3H3,(H,21,25)(H,22,23,24);1H/t16-;/m0./s1. The molecule has 0 aliphatic carbocycles. The van der Waals surface area contributed by atoms with Crippen LogP contribution < -0.4 is 16.4 Å². The van der Waals surface area contributed by atoms with Gasteiger partial charge in [0, 0.05) is 17.5 Å². The van der Waals surface area contributed by atoms with E-state index in [-0.39, 0.29) is 42.5 Å². The molecule has 1 atom stereocenters. The molecule has 2 rings (SSSR count). The number of benzene rings is 1. The summed E-state index contributed by atoms with van der Waals surface area (Å²) in [6.45, 7) is 5.21. The van der Waals surface area contributed by atoms with Gasteiger partial charge in [-0.05, 0) is 30.0 Å². The van der Waals surface area contributed by atoms with E-state index in [4.69, 9.17) is 5.73 Å². The van der Waals surface area contributed by atoms with Crippen LogP contribution in [0.1, 0.15) is 29.9 Å². The van der Waals surface area contributed by atoms with E-state index in [9.17, 15) is 14.0 Å². The predicted octanol–water partition coefficient (Wildman–Crippen LogP) is 2.64. The zero-order valence-corrected chi connectivity index (χ0v) is 17.0. The number of amides is 2. The van der Waals surface area contributed by atoms with E-state index in [0.717, 1.165) is 10.4 Å². The zero-order chi connectivity index (χ0) is 19.3. The van der Waals surface area contributed by atoms with Crippen LogP contribution >= 0.6 is 23.7 Å². The summed E-state index contributed by atoms with van der Waals surface area (Å²) < 4.78 is 13.6. The maximum atomic E-state index is 13.6. The molecule has 4 N–H and O–H groups in total. The van der Waals surface area contributed by atoms with E-state index in [1.807, 2.05) is 19.9 Å². The molecule has 0 unspecified atom stereocenters. The summed E-state index contributed by atoms with van der Waals surface area (Å²) in [5.41, 5.74) is 7.15. The first-order chi connectivity index (χ1) is 12.3. The van der Waals surface area contributed by atoms with E-state index in [1.165, 1.54) is 17.4 Å². The summed E-state index contributed by atoms with van der Waals surface area (Å²) in [5.74, 6) is -0.991. The topological polar surface area (TPSA) is 97.1 Å². The number of carbonyl (C=O) groups is 2. The second-order valence-electron chi connectivity index (χ2n) is 6.43. The van der Waals surface area contributed by atoms with E-state index < -0.39 is 6.04 Å². The van der Waals surface area contributed by atoms with Crippen LogP contribution in [0.3, 0.4) is 0 Å². The third-order valence-corrected chi connectivity index (χ3v) is 4.77. The molecule has 0 spiro atoms. The molecule has 0 aliphatic heterocycles. The van der Waals surface area contributed by atoms with Gasteiger partial charge in [0.25, 0.3) is 0 Å². The van der Waals surface area contributed by atoms with Gasteiger partial charge in [0.05, 0.1) is 12.6 Å². The Morgan fingerprint density at radius 3 is 2.67 bits per heavy atom. The SMILES string of the molecule is Cc1ccc(Cc2cnc(NC(=O)CNC(=O)[C@@H](N)C(C)C)s2)cc1F.Cl. The molecule has 2 amide bonds. The summed E-state index contributed by atoms with van der Waals surface area (Å²) in [5, 5.41) is 5.56. The molecule has 6 nitrogen and oxygen atoms in total. The summed E-state index contributed by atoms with van der Waals surface area (Å²) in [6.07, 6.45) is 2.18. The fourth-order valence-electron chi connectivity index (χ4n) is 2.15. The highest BCUT2D eigenvalue weighted by molar-refractivity contribution is 7.15. The van der Waals surface area contributed by atoms with Crippen molar-refractivity contribution in [2.45, 2.75) is 33.2 Å². The first-order valence-electron chi connectivity index (χ1n) is 8.29. The molecule has 1 heterocycles. The molecule has 0 bridgehead atoms. The minimum absolute atomic E-state index is 0. The molecule has 0 aliphatic rings. The van der Waals surface area contributed by atoms with E-state index in [2.05, 4.69) is 15.6 Å². The number of aryl methyl sites for hydroxylation is 1. The van der Waals surface area contributed by atoms with Crippen LogP contribution in [0.5, 0.6) is 0 Å². The van der Waals surface area contributed by atoms with E-state index >= 15 is 0 Å². The Balaban J connectivity index is 0.00000364. The summed E-state index contributed by atoms with van der Waals surface area (Å²) in [4.78, 5) is 28.7. The Kier molecular flexibility index (Phi) is 8.81. The first-order valence-corrected chi connectivity index (χ1v) is 9.10. The van der Waals surface area contributed by atoms with Crippen LogP contribution in [0.4, 0.5) is 9.52 Å². The molecular weight excluding hydrogens is 391 g/mol. The fourth-order valence-corrected chi connectivity index (χ4v) is 3.01. The number of aromatic nitrogens is 1. The normalized spacial score (nSPS) is 11.6. The van der Waals surface area contributed by atoms with Crippen molar-refractivity contribution in [3.8, 4) is 0 Å². The number of nitrogens with two attached hydrogens (primary N) is 1. The van der Waals surface area contributed by atoms with Crippen molar-refractivity contribution in [1.82, 2.24) is 10.3 Å². The van der Waals surface area contributed by atoms with Crippen molar-refractivity contribution < 1.29 is 14.0 Å². The van der Waals surface area contributed by atoms with Crippen molar-refractivity contribution in [2.75, 3.05) is 11.9 Å². The highest BCUT2D eigenvalue weighted by Crippen LogP contribution is 2.22. The van der Waals surface area contributed by atoms with Gasteiger partial charge in [0.15, 0.2) is 5.13 Å². The van der Waals surface area contributed by atoms with Crippen molar-refractivity contribution in [3.63, 3.8) is 0 Å². The number of rotatable bonds is 7. The van der Waals surface area contributed by atoms with Crippen molar-refractivity contribution in [3.05, 3.63) is 46.2 Å². The smallest absolute Gasteiger partial charge is 0.245 e. The van der Waals surface area contributed by atoms with Crippen LogP contribution in [-0.4, -0.2) is 29.4 Å². The highest BCUT2D eigenvalue weighted by Gasteiger charge is 2.18. The number of nitrogens with one attached hydrogen (secondary N) is 2. The van der Waals surface area contributed by atoms with Gasteiger partial charge in [-0.15, -0.1) is 23.7 Å². The molecule has 9 heteroatoms. The number of hydrogen-bond acceptors (Lipinski definition) is 5. The van der Waals surface area contributed by atoms with Crippen molar-refractivity contribution >= 4 is 40.7 Å². The molecule has 1 aromatic heterocycles. The average Bonchev–Trinajstić information content (AvgIpc) is 3.02. The molecule has 1 aromatic carbocycles. The third kappa shape index (κ3) is 6.89. The lowest BCUT2D eigenvalue weighted by molar-refractivity contribution is -0.125. The molecule has 0 saturated heterocycles. The maximum absolute atomic E-state index is 13.6. The van der Waals surface area contributed by atoms with Crippen LogP contribution in [0, 0.1) is 18.7 Å². The number of halogens is 2. The monoisotopic (exact) mass is 414 g/mol. The second-order valence-corrected chi connectivity index (χ2v) is 7.54. The van der Waals surface area contributed by atoms with Crippen LogP contribution in [0.15, 0.2) is 24.4 Å². The zero-order valence-electron chi connectivity index (χ0n) is 15.4. The van der Waals surface area contributed by atoms with Gasteiger partial charge in [-0.3, -0.25) is 9.59 Å². The lowest BCUT2D eigenvalue weighted by Crippen LogP contribution is -2.46. The Hall–Kier alpha value is -2.03. The van der Waals surface area contributed by atoms with Gasteiger partial charge in [0.1, 0.15) is 5.82 Å². The molecule has 148 valence electrons. The van der Waals surface area contributed by atoms with Crippen molar-refractivity contribution in [2.24, 2.45) is 11.7 Å². The highest BCUT2D eigenvalue weighted by atomic mass is 35.5. The van der Waals surface area contributed by atoms with Gasteiger partial charge in [-0.1, -0.05) is 26.0 Å². The van der Waals surface area contributed by atoms with Crippen LogP contribution in [0.2, 0.25) is 0 Å². The summed E-state index contributed by atoms with van der Waals surface area (Å²) >= 11 is 1.31. The Labute approximate surface area is 168 Å². The molecule has 0 radical (unpaired) electrons.